The van der Waals surface area contributed by atoms with Gasteiger partial charge in [-0.3, -0.25) is 4.90 Å². The average Bonchev–Trinajstić information content (AvgIpc) is 2.29. The average molecular weight is 272 g/mol. The molecule has 1 saturated carbocycles. The molecule has 1 aliphatic heterocycles. The Morgan fingerprint density at radius 2 is 1.82 bits per heavy atom. The Hall–Kier alpha value is 0.200. The summed E-state index contributed by atoms with van der Waals surface area (Å²) in [6.45, 7) is 7.91. The summed E-state index contributed by atoms with van der Waals surface area (Å²) in [5.41, 5.74) is 0.246. The highest BCUT2D eigenvalue weighted by Crippen LogP contribution is 2.31. The van der Waals surface area contributed by atoms with Crippen LogP contribution in [-0.4, -0.2) is 38.2 Å². The van der Waals surface area contributed by atoms with Crippen molar-refractivity contribution in [3.8, 4) is 0 Å². The van der Waals surface area contributed by atoms with Gasteiger partial charge in [0.05, 0.1) is 12.5 Å². The number of hydrogen-bond acceptors (Lipinski definition) is 3. The number of thioether (sulfide) groups is 1. The molecule has 2 aliphatic rings. The minimum absolute atomic E-state index is 0.246. The normalized spacial score (nSPS) is 25.4. The molecule has 0 bridgehead atoms. The number of hydrogen-bond donors (Lipinski definition) is 0. The summed E-state index contributed by atoms with van der Waals surface area (Å²) >= 11 is 7.38. The smallest absolute Gasteiger partial charge is 0.138 e. The fourth-order valence-corrected chi connectivity index (χ4v) is 4.03. The van der Waals surface area contributed by atoms with Crippen LogP contribution in [0.5, 0.6) is 0 Å². The van der Waals surface area contributed by atoms with E-state index in [1.807, 2.05) is 11.8 Å². The van der Waals surface area contributed by atoms with Gasteiger partial charge < -0.3 is 4.90 Å². The molecule has 17 heavy (non-hydrogen) atoms. The lowest BCUT2D eigenvalue weighted by Gasteiger charge is -2.47. The van der Waals surface area contributed by atoms with E-state index in [2.05, 4.69) is 30.6 Å². The van der Waals surface area contributed by atoms with Crippen molar-refractivity contribution in [2.45, 2.75) is 64.5 Å². The van der Waals surface area contributed by atoms with E-state index in [0.717, 1.165) is 16.9 Å². The van der Waals surface area contributed by atoms with E-state index in [1.165, 1.54) is 32.1 Å². The van der Waals surface area contributed by atoms with Crippen LogP contribution in [0, 0.1) is 0 Å². The van der Waals surface area contributed by atoms with Crippen molar-refractivity contribution in [2.75, 3.05) is 12.5 Å². The molecular weight excluding hydrogens is 248 g/mol. The maximum absolute atomic E-state index is 5.55. The molecule has 2 nitrogen and oxygen atoms in total. The Morgan fingerprint density at radius 1 is 1.18 bits per heavy atom. The molecule has 1 saturated heterocycles. The summed E-state index contributed by atoms with van der Waals surface area (Å²) in [6, 6.07) is 0.703. The largest absolute Gasteiger partial charge is 0.341 e. The Morgan fingerprint density at radius 3 is 2.41 bits per heavy atom. The molecule has 0 amide bonds. The third kappa shape index (κ3) is 3.36. The topological polar surface area (TPSA) is 6.48 Å². The minimum atomic E-state index is 0.246. The summed E-state index contributed by atoms with van der Waals surface area (Å²) in [5.74, 6) is 1.05. The van der Waals surface area contributed by atoms with Crippen LogP contribution in [-0.2, 0) is 0 Å². The van der Waals surface area contributed by atoms with Gasteiger partial charge in [-0.2, -0.15) is 0 Å². The molecule has 0 unspecified atom stereocenters. The van der Waals surface area contributed by atoms with Gasteiger partial charge >= 0.3 is 0 Å². The van der Waals surface area contributed by atoms with Crippen molar-refractivity contribution >= 4 is 28.3 Å². The molecule has 4 heteroatoms. The van der Waals surface area contributed by atoms with E-state index in [4.69, 9.17) is 12.2 Å². The summed E-state index contributed by atoms with van der Waals surface area (Å²) in [5, 5.41) is 0. The molecule has 0 spiro atoms. The lowest BCUT2D eigenvalue weighted by atomic mass is 9.94. The summed E-state index contributed by atoms with van der Waals surface area (Å²) < 4.78 is 1.12. The van der Waals surface area contributed by atoms with Crippen LogP contribution in [0.3, 0.4) is 0 Å². The molecule has 1 heterocycles. The van der Waals surface area contributed by atoms with Crippen molar-refractivity contribution in [3.63, 3.8) is 0 Å². The van der Waals surface area contributed by atoms with Gasteiger partial charge in [-0.25, -0.2) is 0 Å². The first-order valence-corrected chi connectivity index (χ1v) is 8.06. The first kappa shape index (κ1) is 13.6. The van der Waals surface area contributed by atoms with E-state index < -0.39 is 0 Å². The number of thiocarbonyl (C=S) groups is 1. The van der Waals surface area contributed by atoms with Gasteiger partial charge in [-0.1, -0.05) is 43.2 Å². The maximum Gasteiger partial charge on any atom is 0.138 e. The number of rotatable bonds is 1. The van der Waals surface area contributed by atoms with Gasteiger partial charge in [0.15, 0.2) is 0 Å². The first-order chi connectivity index (χ1) is 7.98. The highest BCUT2D eigenvalue weighted by molar-refractivity contribution is 8.22. The predicted octanol–water partition coefficient (Wildman–Crippen LogP) is 3.67. The molecule has 0 aromatic rings. The Balaban J connectivity index is 2.01. The molecule has 98 valence electrons. The molecule has 0 atom stereocenters. The van der Waals surface area contributed by atoms with Crippen molar-refractivity contribution in [2.24, 2.45) is 0 Å². The molecule has 0 N–H and O–H groups in total. The van der Waals surface area contributed by atoms with E-state index >= 15 is 0 Å². The highest BCUT2D eigenvalue weighted by atomic mass is 32.2. The van der Waals surface area contributed by atoms with E-state index in [1.54, 1.807) is 0 Å². The minimum Gasteiger partial charge on any atom is -0.341 e. The monoisotopic (exact) mass is 272 g/mol. The Kier molecular flexibility index (Phi) is 4.37. The van der Waals surface area contributed by atoms with Gasteiger partial charge in [-0.15, -0.1) is 0 Å². The lowest BCUT2D eigenvalue weighted by Crippen LogP contribution is -2.55. The molecular formula is C13H24N2S2. The van der Waals surface area contributed by atoms with Crippen LogP contribution in [0.1, 0.15) is 52.9 Å². The number of nitrogens with zero attached hydrogens (tertiary/aromatic N) is 2. The summed E-state index contributed by atoms with van der Waals surface area (Å²) in [6.07, 6.45) is 6.83. The molecule has 0 aromatic heterocycles. The second-order valence-corrected chi connectivity index (χ2v) is 7.73. The molecule has 0 radical (unpaired) electrons. The van der Waals surface area contributed by atoms with Crippen molar-refractivity contribution < 1.29 is 0 Å². The van der Waals surface area contributed by atoms with Gasteiger partial charge in [-0.05, 0) is 33.6 Å². The van der Waals surface area contributed by atoms with E-state index in [0.29, 0.717) is 6.04 Å². The zero-order valence-corrected chi connectivity index (χ0v) is 12.9. The third-order valence-electron chi connectivity index (χ3n) is 3.87. The quantitative estimate of drug-likeness (QED) is 0.672. The van der Waals surface area contributed by atoms with Crippen molar-refractivity contribution in [3.05, 3.63) is 0 Å². The molecule has 2 rings (SSSR count). The standard InChI is InChI=1S/C13H24N2S2/c1-13(2,3)14-9-15(12(16)17-10-14)11-7-5-4-6-8-11/h11H,4-10H2,1-3H3. The Labute approximate surface area is 115 Å². The highest BCUT2D eigenvalue weighted by Gasteiger charge is 2.33. The molecule has 1 aliphatic carbocycles. The maximum atomic E-state index is 5.55. The predicted molar refractivity (Wildman–Crippen MR) is 80.2 cm³/mol. The summed E-state index contributed by atoms with van der Waals surface area (Å²) in [7, 11) is 0. The van der Waals surface area contributed by atoms with Crippen molar-refractivity contribution in [1.82, 2.24) is 9.80 Å². The fourth-order valence-electron chi connectivity index (χ4n) is 2.56. The fraction of sp³-hybridized carbons (Fsp3) is 0.923. The lowest BCUT2D eigenvalue weighted by molar-refractivity contribution is 0.0811. The molecule has 0 aromatic carbocycles. The van der Waals surface area contributed by atoms with Gasteiger partial charge in [0.25, 0.3) is 0 Å². The van der Waals surface area contributed by atoms with Crippen LogP contribution >= 0.6 is 24.0 Å². The second-order valence-electron chi connectivity index (χ2n) is 6.15. The van der Waals surface area contributed by atoms with E-state index in [-0.39, 0.29) is 5.54 Å². The second kappa shape index (κ2) is 5.45. The first-order valence-electron chi connectivity index (χ1n) is 6.67. The van der Waals surface area contributed by atoms with Crippen molar-refractivity contribution in [1.29, 1.82) is 0 Å². The van der Waals surface area contributed by atoms with Gasteiger partial charge in [0, 0.05) is 11.6 Å². The molecule has 2 fully saturated rings. The summed E-state index contributed by atoms with van der Waals surface area (Å²) in [4.78, 5) is 5.01. The van der Waals surface area contributed by atoms with Crippen LogP contribution < -0.4 is 0 Å². The zero-order chi connectivity index (χ0) is 12.5. The van der Waals surface area contributed by atoms with Crippen LogP contribution in [0.25, 0.3) is 0 Å². The Bertz CT molecular complexity index is 280. The SMILES string of the molecule is CC(C)(C)N1CSC(=S)N(C2CCCCC2)C1. The van der Waals surface area contributed by atoms with Crippen LogP contribution in [0.4, 0.5) is 0 Å². The van der Waals surface area contributed by atoms with Crippen LogP contribution in [0.15, 0.2) is 0 Å². The zero-order valence-electron chi connectivity index (χ0n) is 11.2. The third-order valence-corrected chi connectivity index (χ3v) is 5.38. The van der Waals surface area contributed by atoms with Crippen LogP contribution in [0.2, 0.25) is 0 Å². The van der Waals surface area contributed by atoms with Gasteiger partial charge in [0.2, 0.25) is 0 Å². The van der Waals surface area contributed by atoms with E-state index in [9.17, 15) is 0 Å². The van der Waals surface area contributed by atoms with Gasteiger partial charge in [0.1, 0.15) is 4.32 Å².